The summed E-state index contributed by atoms with van der Waals surface area (Å²) in [6.45, 7) is 7.04. The molecule has 0 bridgehead atoms. The highest BCUT2D eigenvalue weighted by Crippen LogP contribution is 2.20. The summed E-state index contributed by atoms with van der Waals surface area (Å²) in [6.07, 6.45) is 2.45. The molecule has 0 aromatic rings. The third-order valence-electron chi connectivity index (χ3n) is 2.77. The van der Waals surface area contributed by atoms with Gasteiger partial charge < -0.3 is 10.0 Å². The number of likely N-dealkylation sites (tertiary alicyclic amines) is 1. The highest BCUT2D eigenvalue weighted by atomic mass is 16.3. The van der Waals surface area contributed by atoms with Crippen molar-refractivity contribution in [3.8, 4) is 0 Å². The molecule has 0 aromatic heterocycles. The molecule has 1 rings (SSSR count). The summed E-state index contributed by atoms with van der Waals surface area (Å²) in [4.78, 5) is 2.45. The first-order valence-corrected chi connectivity index (χ1v) is 4.62. The fourth-order valence-electron chi connectivity index (χ4n) is 1.85. The molecule has 11 heavy (non-hydrogen) atoms. The maximum Gasteiger partial charge on any atom is 0.0471 e. The molecule has 2 heteroatoms. The molecular formula is C9H19NO. The van der Waals surface area contributed by atoms with E-state index in [-0.39, 0.29) is 0 Å². The molecule has 0 amide bonds. The van der Waals surface area contributed by atoms with E-state index in [0.29, 0.717) is 12.5 Å². The van der Waals surface area contributed by atoms with Crippen LogP contribution in [0.2, 0.25) is 0 Å². The van der Waals surface area contributed by atoms with E-state index >= 15 is 0 Å². The second-order valence-corrected chi connectivity index (χ2v) is 3.56. The fraction of sp³-hybridized carbons (Fsp3) is 1.00. The van der Waals surface area contributed by atoms with Crippen LogP contribution in [0.15, 0.2) is 0 Å². The highest BCUT2D eigenvalue weighted by Gasteiger charge is 2.22. The molecule has 2 unspecified atom stereocenters. The van der Waals surface area contributed by atoms with Crippen molar-refractivity contribution in [1.29, 1.82) is 0 Å². The fourth-order valence-corrected chi connectivity index (χ4v) is 1.85. The molecular weight excluding hydrogens is 138 g/mol. The summed E-state index contributed by atoms with van der Waals surface area (Å²) in [5.41, 5.74) is 0. The Morgan fingerprint density at radius 3 is 2.73 bits per heavy atom. The molecule has 1 aliphatic rings. The number of nitrogens with zero attached hydrogens (tertiary/aromatic N) is 1. The van der Waals surface area contributed by atoms with Gasteiger partial charge in [-0.1, -0.05) is 6.92 Å². The van der Waals surface area contributed by atoms with Gasteiger partial charge in [0.1, 0.15) is 0 Å². The number of piperidine rings is 1. The minimum absolute atomic E-state index is 0.364. The van der Waals surface area contributed by atoms with Gasteiger partial charge in [-0.15, -0.1) is 0 Å². The van der Waals surface area contributed by atoms with Crippen molar-refractivity contribution in [1.82, 2.24) is 4.90 Å². The van der Waals surface area contributed by atoms with Crippen molar-refractivity contribution in [2.45, 2.75) is 32.7 Å². The normalized spacial score (nSPS) is 34.1. The molecule has 1 fully saturated rings. The lowest BCUT2D eigenvalue weighted by Crippen LogP contribution is -2.42. The second kappa shape index (κ2) is 4.07. The summed E-state index contributed by atoms with van der Waals surface area (Å²) in [7, 11) is 0. The van der Waals surface area contributed by atoms with Crippen molar-refractivity contribution in [3.05, 3.63) is 0 Å². The highest BCUT2D eigenvalue weighted by molar-refractivity contribution is 4.77. The Balaban J connectivity index is 2.37. The Hall–Kier alpha value is -0.0800. The Kier molecular flexibility index (Phi) is 3.34. The summed E-state index contributed by atoms with van der Waals surface area (Å²) in [5.74, 6) is 0.533. The Morgan fingerprint density at radius 2 is 2.18 bits per heavy atom. The summed E-state index contributed by atoms with van der Waals surface area (Å²) in [6, 6.07) is 0.725. The summed E-state index contributed by atoms with van der Waals surface area (Å²) < 4.78 is 0. The molecule has 0 aromatic carbocycles. The summed E-state index contributed by atoms with van der Waals surface area (Å²) >= 11 is 0. The van der Waals surface area contributed by atoms with Crippen LogP contribution in [0.5, 0.6) is 0 Å². The van der Waals surface area contributed by atoms with Gasteiger partial charge in [-0.25, -0.2) is 0 Å². The number of aliphatic hydroxyl groups excluding tert-OH is 1. The minimum atomic E-state index is 0.364. The summed E-state index contributed by atoms with van der Waals surface area (Å²) in [5, 5.41) is 8.96. The molecule has 66 valence electrons. The van der Waals surface area contributed by atoms with Gasteiger partial charge in [0.25, 0.3) is 0 Å². The van der Waals surface area contributed by atoms with Crippen LogP contribution in [-0.2, 0) is 0 Å². The maximum absolute atomic E-state index is 8.96. The van der Waals surface area contributed by atoms with Gasteiger partial charge >= 0.3 is 0 Å². The molecule has 1 N–H and O–H groups in total. The van der Waals surface area contributed by atoms with E-state index in [2.05, 4.69) is 18.7 Å². The molecule has 1 heterocycles. The van der Waals surface area contributed by atoms with Gasteiger partial charge in [0.05, 0.1) is 0 Å². The van der Waals surface area contributed by atoms with E-state index in [1.54, 1.807) is 0 Å². The SMILES string of the molecule is CCN1CC(CO)CCC1C. The zero-order chi connectivity index (χ0) is 8.27. The minimum Gasteiger partial charge on any atom is -0.396 e. The van der Waals surface area contributed by atoms with Crippen molar-refractivity contribution in [2.75, 3.05) is 19.7 Å². The molecule has 0 aliphatic carbocycles. The monoisotopic (exact) mass is 157 g/mol. The Labute approximate surface area is 69.2 Å². The van der Waals surface area contributed by atoms with Crippen LogP contribution in [0.4, 0.5) is 0 Å². The van der Waals surface area contributed by atoms with Crippen LogP contribution in [-0.4, -0.2) is 35.7 Å². The van der Waals surface area contributed by atoms with Gasteiger partial charge in [0, 0.05) is 19.2 Å². The second-order valence-electron chi connectivity index (χ2n) is 3.56. The molecule has 2 atom stereocenters. The molecule has 2 nitrogen and oxygen atoms in total. The van der Waals surface area contributed by atoms with Crippen LogP contribution in [0.1, 0.15) is 26.7 Å². The largest absolute Gasteiger partial charge is 0.396 e. The molecule has 0 spiro atoms. The van der Waals surface area contributed by atoms with Crippen molar-refractivity contribution in [3.63, 3.8) is 0 Å². The topological polar surface area (TPSA) is 23.5 Å². The van der Waals surface area contributed by atoms with E-state index in [4.69, 9.17) is 5.11 Å². The third-order valence-corrected chi connectivity index (χ3v) is 2.77. The van der Waals surface area contributed by atoms with Crippen LogP contribution in [0.25, 0.3) is 0 Å². The average Bonchev–Trinajstić information content (AvgIpc) is 2.05. The van der Waals surface area contributed by atoms with Crippen LogP contribution < -0.4 is 0 Å². The van der Waals surface area contributed by atoms with Crippen LogP contribution >= 0.6 is 0 Å². The van der Waals surface area contributed by atoms with E-state index in [1.807, 2.05) is 0 Å². The zero-order valence-corrected chi connectivity index (χ0v) is 7.58. The maximum atomic E-state index is 8.96. The first-order valence-electron chi connectivity index (χ1n) is 4.62. The van der Waals surface area contributed by atoms with E-state index in [9.17, 15) is 0 Å². The van der Waals surface area contributed by atoms with Gasteiger partial charge in [-0.3, -0.25) is 0 Å². The van der Waals surface area contributed by atoms with Crippen LogP contribution in [0, 0.1) is 5.92 Å². The van der Waals surface area contributed by atoms with E-state index in [1.165, 1.54) is 12.8 Å². The zero-order valence-electron chi connectivity index (χ0n) is 7.58. The van der Waals surface area contributed by atoms with E-state index in [0.717, 1.165) is 19.1 Å². The molecule has 1 aliphatic heterocycles. The number of hydrogen-bond donors (Lipinski definition) is 1. The quantitative estimate of drug-likeness (QED) is 0.649. The predicted molar refractivity (Wildman–Crippen MR) is 46.5 cm³/mol. The Bertz CT molecular complexity index is 116. The predicted octanol–water partition coefficient (Wildman–Crippen LogP) is 1.10. The van der Waals surface area contributed by atoms with Crippen molar-refractivity contribution < 1.29 is 5.11 Å². The van der Waals surface area contributed by atoms with Gasteiger partial charge in [-0.2, -0.15) is 0 Å². The molecule has 1 saturated heterocycles. The van der Waals surface area contributed by atoms with Crippen LogP contribution in [0.3, 0.4) is 0 Å². The number of aliphatic hydroxyl groups is 1. The van der Waals surface area contributed by atoms with Gasteiger partial charge in [0.2, 0.25) is 0 Å². The van der Waals surface area contributed by atoms with Gasteiger partial charge in [-0.05, 0) is 32.2 Å². The number of hydrogen-bond acceptors (Lipinski definition) is 2. The lowest BCUT2D eigenvalue weighted by molar-refractivity contribution is 0.0874. The first-order chi connectivity index (χ1) is 5.27. The average molecular weight is 157 g/mol. The Morgan fingerprint density at radius 1 is 1.45 bits per heavy atom. The van der Waals surface area contributed by atoms with Crippen molar-refractivity contribution in [2.24, 2.45) is 5.92 Å². The smallest absolute Gasteiger partial charge is 0.0471 e. The van der Waals surface area contributed by atoms with Crippen molar-refractivity contribution >= 4 is 0 Å². The molecule has 0 radical (unpaired) electrons. The standard InChI is InChI=1S/C9H19NO/c1-3-10-6-9(7-11)5-4-8(10)2/h8-9,11H,3-7H2,1-2H3. The number of rotatable bonds is 2. The van der Waals surface area contributed by atoms with E-state index < -0.39 is 0 Å². The third kappa shape index (κ3) is 2.17. The lowest BCUT2D eigenvalue weighted by atomic mass is 9.94. The molecule has 0 saturated carbocycles. The van der Waals surface area contributed by atoms with Gasteiger partial charge in [0.15, 0.2) is 0 Å². The first kappa shape index (κ1) is 9.01. The lowest BCUT2D eigenvalue weighted by Gasteiger charge is -2.36.